The van der Waals surface area contributed by atoms with E-state index in [4.69, 9.17) is 5.73 Å². The van der Waals surface area contributed by atoms with Crippen molar-refractivity contribution in [3.05, 3.63) is 40.1 Å². The molecule has 3 rings (SSSR count). The van der Waals surface area contributed by atoms with Gasteiger partial charge in [0.2, 0.25) is 11.6 Å². The summed E-state index contributed by atoms with van der Waals surface area (Å²) < 4.78 is 62.0. The minimum atomic E-state index is -4.95. The summed E-state index contributed by atoms with van der Waals surface area (Å²) in [6.07, 6.45) is -4.95. The van der Waals surface area contributed by atoms with Crippen molar-refractivity contribution in [3.63, 3.8) is 0 Å². The van der Waals surface area contributed by atoms with Crippen molar-refractivity contribution in [3.8, 4) is 17.2 Å². The van der Waals surface area contributed by atoms with Crippen LogP contribution < -0.4 is 16.8 Å². The summed E-state index contributed by atoms with van der Waals surface area (Å²) >= 11 is 0. The highest BCUT2D eigenvalue weighted by Gasteiger charge is 2.35. The zero-order chi connectivity index (χ0) is 18.9. The number of aromatic nitrogens is 4. The zero-order valence-corrected chi connectivity index (χ0v) is 15.5. The van der Waals surface area contributed by atoms with E-state index in [0.717, 1.165) is 6.07 Å². The van der Waals surface area contributed by atoms with Gasteiger partial charge in [0.1, 0.15) is 5.82 Å². The number of alkyl halides is 3. The maximum atomic E-state index is 13.5. The molecule has 14 heteroatoms. The summed E-state index contributed by atoms with van der Waals surface area (Å²) in [6.45, 7) is 0.517. The number of nitrogens with zero attached hydrogens (tertiary/aromatic N) is 4. The Labute approximate surface area is 164 Å². The van der Waals surface area contributed by atoms with Gasteiger partial charge in [0.15, 0.2) is 5.69 Å². The van der Waals surface area contributed by atoms with Crippen molar-refractivity contribution in [2.45, 2.75) is 6.18 Å². The van der Waals surface area contributed by atoms with Crippen molar-refractivity contribution in [2.24, 2.45) is 5.73 Å². The van der Waals surface area contributed by atoms with Gasteiger partial charge in [0.05, 0.1) is 11.3 Å². The van der Waals surface area contributed by atoms with Crippen molar-refractivity contribution in [1.82, 2.24) is 20.0 Å². The first-order chi connectivity index (χ1) is 12.3. The first-order valence-corrected chi connectivity index (χ1v) is 7.05. The molecule has 0 bridgehead atoms. The highest BCUT2D eigenvalue weighted by Crippen LogP contribution is 2.33. The average molecular weight is 502 g/mol. The third-order valence-corrected chi connectivity index (χ3v) is 3.26. The lowest BCUT2D eigenvalue weighted by atomic mass is 10.1. The molecular weight excluding hydrogens is 491 g/mol. The Morgan fingerprint density at radius 3 is 2.63 bits per heavy atom. The van der Waals surface area contributed by atoms with E-state index in [2.05, 4.69) is 29.9 Å². The van der Waals surface area contributed by atoms with Crippen LogP contribution in [0.1, 0.15) is 5.56 Å². The van der Waals surface area contributed by atoms with Gasteiger partial charge < -0.3 is 11.1 Å². The fourth-order valence-electron chi connectivity index (χ4n) is 2.14. The zero-order valence-electron chi connectivity index (χ0n) is 13.2. The first-order valence-electron chi connectivity index (χ1n) is 7.05. The van der Waals surface area contributed by atoms with Crippen LogP contribution >= 0.6 is 24.0 Å². The van der Waals surface area contributed by atoms with Crippen molar-refractivity contribution < 1.29 is 26.7 Å². The number of halogens is 5. The van der Waals surface area contributed by atoms with Gasteiger partial charge in [-0.25, -0.2) is 18.4 Å². The molecule has 0 fully saturated rings. The van der Waals surface area contributed by atoms with Crippen LogP contribution in [0, 0.1) is 5.82 Å². The maximum absolute atomic E-state index is 13.5. The highest BCUT2D eigenvalue weighted by molar-refractivity contribution is 14.0. The number of rotatable bonds is 5. The Balaban J connectivity index is 0.00000261. The molecule has 27 heavy (non-hydrogen) atoms. The highest BCUT2D eigenvalue weighted by atomic mass is 127. The molecular formula is C13H11F4IN6O3. The molecule has 3 aromatic rings. The van der Waals surface area contributed by atoms with Gasteiger partial charge in [0.25, 0.3) is 0 Å². The molecule has 0 amide bonds. The summed E-state index contributed by atoms with van der Waals surface area (Å²) in [5.41, 5.74) is 3.39. The second kappa shape index (κ2) is 8.03. The predicted octanol–water partition coefficient (Wildman–Crippen LogP) is 2.02. The van der Waals surface area contributed by atoms with Crippen LogP contribution in [0.2, 0.25) is 0 Å². The Morgan fingerprint density at radius 2 is 1.96 bits per heavy atom. The summed E-state index contributed by atoms with van der Waals surface area (Å²) in [6, 6.07) is 2.00. The van der Waals surface area contributed by atoms with Crippen LogP contribution in [0.3, 0.4) is 0 Å². The summed E-state index contributed by atoms with van der Waals surface area (Å²) in [5.74, 6) is -2.82. The van der Waals surface area contributed by atoms with Crippen LogP contribution in [0.15, 0.2) is 32.1 Å². The first kappa shape index (κ1) is 20.8. The van der Waals surface area contributed by atoms with Gasteiger partial charge in [-0.15, -0.1) is 24.0 Å². The van der Waals surface area contributed by atoms with Crippen LogP contribution in [0.4, 0.5) is 23.4 Å². The van der Waals surface area contributed by atoms with Crippen LogP contribution in [0.5, 0.6) is 0 Å². The second-order valence-electron chi connectivity index (χ2n) is 4.95. The molecule has 1 aromatic carbocycles. The van der Waals surface area contributed by atoms with E-state index in [9.17, 15) is 22.4 Å². The number of anilines is 1. The van der Waals surface area contributed by atoms with E-state index in [1.54, 1.807) is 0 Å². The van der Waals surface area contributed by atoms with E-state index < -0.39 is 23.3 Å². The molecule has 0 saturated carbocycles. The number of nitrogens with one attached hydrogen (secondary N) is 1. The molecule has 2 heterocycles. The van der Waals surface area contributed by atoms with E-state index in [1.165, 1.54) is 0 Å². The Kier molecular flexibility index (Phi) is 6.19. The quantitative estimate of drug-likeness (QED) is 0.401. The monoisotopic (exact) mass is 502 g/mol. The number of hydrogen-bond donors (Lipinski definition) is 2. The number of benzene rings is 1. The Hall–Kier alpha value is -2.49. The third-order valence-electron chi connectivity index (χ3n) is 3.26. The van der Waals surface area contributed by atoms with Gasteiger partial charge in [-0.2, -0.15) is 13.2 Å². The topological polar surface area (TPSA) is 125 Å². The predicted molar refractivity (Wildman–Crippen MR) is 93.3 cm³/mol. The van der Waals surface area contributed by atoms with E-state index in [1.807, 2.05) is 0 Å². The molecule has 0 spiro atoms. The third kappa shape index (κ3) is 4.10. The molecule has 0 atom stereocenters. The molecule has 0 aliphatic rings. The fourth-order valence-corrected chi connectivity index (χ4v) is 2.14. The van der Waals surface area contributed by atoms with Crippen LogP contribution in [-0.2, 0) is 6.18 Å². The Morgan fingerprint density at radius 1 is 1.22 bits per heavy atom. The molecule has 0 unspecified atom stereocenters. The van der Waals surface area contributed by atoms with Crippen LogP contribution in [0.25, 0.3) is 17.2 Å². The van der Waals surface area contributed by atoms with Crippen molar-refractivity contribution in [1.29, 1.82) is 0 Å². The minimum absolute atomic E-state index is 0. The largest absolute Gasteiger partial charge is 0.446 e. The Bertz CT molecular complexity index is 983. The maximum Gasteiger partial charge on any atom is 0.446 e. The summed E-state index contributed by atoms with van der Waals surface area (Å²) in [4.78, 5) is 11.9. The molecule has 0 radical (unpaired) electrons. The van der Waals surface area contributed by atoms with Gasteiger partial charge in [-0.1, -0.05) is 5.16 Å². The minimum Gasteiger partial charge on any atom is -0.364 e. The van der Waals surface area contributed by atoms with E-state index >= 15 is 0 Å². The van der Waals surface area contributed by atoms with Crippen molar-refractivity contribution in [2.75, 3.05) is 18.4 Å². The number of nitrogens with two attached hydrogens (primary N) is 1. The normalized spacial score (nSPS) is 11.3. The van der Waals surface area contributed by atoms with Gasteiger partial charge in [0, 0.05) is 13.1 Å². The standard InChI is InChI=1S/C13H10F4N6O3.HI/c14-8-2-1-6(5-7(8)13(15,16)17)23-11(22-25-12(23)24)9-10(19-4-3-18)21-26-20-9;/h1-2,5H,3-4,18H2,(H,19,21);1H. The van der Waals surface area contributed by atoms with Crippen molar-refractivity contribution >= 4 is 29.8 Å². The van der Waals surface area contributed by atoms with E-state index in [-0.39, 0.29) is 60.1 Å². The average Bonchev–Trinajstić information content (AvgIpc) is 3.18. The molecule has 146 valence electrons. The molecule has 2 aromatic heterocycles. The molecule has 3 N–H and O–H groups in total. The lowest BCUT2D eigenvalue weighted by Crippen LogP contribution is -2.17. The smallest absolute Gasteiger partial charge is 0.364 e. The SMILES string of the molecule is I.NCCNc1nonc1-c1noc(=O)n1-c1ccc(F)c(C(F)(F)F)c1. The number of hydrogen-bond acceptors (Lipinski definition) is 8. The molecule has 0 aliphatic carbocycles. The van der Waals surface area contributed by atoms with E-state index in [0.29, 0.717) is 16.7 Å². The fraction of sp³-hybridized carbons (Fsp3) is 0.231. The summed E-state index contributed by atoms with van der Waals surface area (Å²) in [7, 11) is 0. The van der Waals surface area contributed by atoms with Gasteiger partial charge >= 0.3 is 11.9 Å². The molecule has 0 saturated heterocycles. The van der Waals surface area contributed by atoms with Crippen LogP contribution in [-0.4, -0.2) is 33.1 Å². The van der Waals surface area contributed by atoms with Gasteiger partial charge in [-0.05, 0) is 28.5 Å². The molecule has 0 aliphatic heterocycles. The lowest BCUT2D eigenvalue weighted by Gasteiger charge is -2.10. The van der Waals surface area contributed by atoms with Gasteiger partial charge in [-0.3, -0.25) is 4.52 Å². The lowest BCUT2D eigenvalue weighted by molar-refractivity contribution is -0.140. The summed E-state index contributed by atoms with van der Waals surface area (Å²) in [5, 5.41) is 13.3. The molecule has 9 nitrogen and oxygen atoms in total. The second-order valence-corrected chi connectivity index (χ2v) is 4.95.